The lowest BCUT2D eigenvalue weighted by atomic mass is 10.2. The van der Waals surface area contributed by atoms with E-state index in [1.807, 2.05) is 0 Å². The van der Waals surface area contributed by atoms with Gasteiger partial charge in [-0.25, -0.2) is 9.48 Å². The number of aromatic nitrogens is 2. The summed E-state index contributed by atoms with van der Waals surface area (Å²) >= 11 is 5.90. The third-order valence-electron chi connectivity index (χ3n) is 3.96. The maximum Gasteiger partial charge on any atom is 0.337 e. The smallest absolute Gasteiger partial charge is 0.337 e. The number of hydrogen-bond donors (Lipinski definition) is 1. The number of amides is 1. The average molecular weight is 398 g/mol. The Labute approximate surface area is 165 Å². The van der Waals surface area contributed by atoms with E-state index in [1.54, 1.807) is 31.2 Å². The molecule has 8 heteroatoms. The summed E-state index contributed by atoms with van der Waals surface area (Å²) < 4.78 is 6.12. The van der Waals surface area contributed by atoms with Crippen LogP contribution < -0.4 is 10.7 Å². The van der Waals surface area contributed by atoms with Crippen LogP contribution >= 0.6 is 11.6 Å². The number of rotatable bonds is 4. The van der Waals surface area contributed by atoms with Crippen molar-refractivity contribution >= 4 is 29.2 Å². The van der Waals surface area contributed by atoms with Crippen LogP contribution in [0.3, 0.4) is 0 Å². The van der Waals surface area contributed by atoms with Gasteiger partial charge in [-0.3, -0.25) is 9.59 Å². The van der Waals surface area contributed by atoms with Gasteiger partial charge in [0, 0.05) is 22.5 Å². The summed E-state index contributed by atoms with van der Waals surface area (Å²) in [6.45, 7) is 1.72. The Bertz CT molecular complexity index is 1090. The summed E-state index contributed by atoms with van der Waals surface area (Å²) in [4.78, 5) is 36.3. The molecule has 1 amide bonds. The van der Waals surface area contributed by atoms with E-state index in [4.69, 9.17) is 11.6 Å². The first-order chi connectivity index (χ1) is 13.4. The van der Waals surface area contributed by atoms with Gasteiger partial charge >= 0.3 is 5.97 Å². The molecule has 2 aromatic carbocycles. The van der Waals surface area contributed by atoms with Gasteiger partial charge in [0.1, 0.15) is 0 Å². The fourth-order valence-electron chi connectivity index (χ4n) is 2.55. The molecule has 28 heavy (non-hydrogen) atoms. The lowest BCUT2D eigenvalue weighted by Gasteiger charge is -2.11. The minimum atomic E-state index is -0.654. The molecular weight excluding hydrogens is 382 g/mol. The van der Waals surface area contributed by atoms with Crippen molar-refractivity contribution in [3.63, 3.8) is 0 Å². The zero-order valence-corrected chi connectivity index (χ0v) is 15.9. The van der Waals surface area contributed by atoms with E-state index in [-0.39, 0.29) is 5.69 Å². The summed E-state index contributed by atoms with van der Waals surface area (Å²) in [6, 6.07) is 14.3. The SMILES string of the molecule is COC(=O)c1ccc(NC(=O)c2nn(-c3ccc(Cl)cc3)c(C)cc2=O)cc1. The maximum absolute atomic E-state index is 12.6. The molecule has 0 unspecified atom stereocenters. The zero-order chi connectivity index (χ0) is 20.3. The van der Waals surface area contributed by atoms with Crippen LogP contribution in [0.15, 0.2) is 59.4 Å². The maximum atomic E-state index is 12.6. The highest BCUT2D eigenvalue weighted by Crippen LogP contribution is 2.15. The number of esters is 1. The van der Waals surface area contributed by atoms with Crippen molar-refractivity contribution in [1.82, 2.24) is 9.78 Å². The molecule has 1 N–H and O–H groups in total. The molecule has 0 aliphatic rings. The second-order valence-corrected chi connectivity index (χ2v) is 6.35. The molecule has 0 aliphatic heterocycles. The Hall–Kier alpha value is -3.45. The van der Waals surface area contributed by atoms with Crippen molar-refractivity contribution < 1.29 is 14.3 Å². The number of ether oxygens (including phenoxy) is 1. The lowest BCUT2D eigenvalue weighted by Crippen LogP contribution is -2.26. The molecule has 0 radical (unpaired) electrons. The van der Waals surface area contributed by atoms with Gasteiger partial charge in [-0.1, -0.05) is 11.6 Å². The minimum Gasteiger partial charge on any atom is -0.465 e. The second-order valence-electron chi connectivity index (χ2n) is 5.91. The summed E-state index contributed by atoms with van der Waals surface area (Å²) in [7, 11) is 1.28. The van der Waals surface area contributed by atoms with Crippen LogP contribution in [0.5, 0.6) is 0 Å². The van der Waals surface area contributed by atoms with E-state index in [1.165, 1.54) is 42.1 Å². The molecule has 0 saturated heterocycles. The van der Waals surface area contributed by atoms with Crippen LogP contribution in [0, 0.1) is 6.92 Å². The monoisotopic (exact) mass is 397 g/mol. The molecule has 0 saturated carbocycles. The molecule has 0 atom stereocenters. The van der Waals surface area contributed by atoms with Crippen molar-refractivity contribution in [2.75, 3.05) is 12.4 Å². The Balaban J connectivity index is 1.89. The third-order valence-corrected chi connectivity index (χ3v) is 4.21. The molecular formula is C20H16ClN3O4. The van der Waals surface area contributed by atoms with Gasteiger partial charge in [0.2, 0.25) is 5.43 Å². The molecule has 3 rings (SSSR count). The normalized spacial score (nSPS) is 10.4. The van der Waals surface area contributed by atoms with Crippen molar-refractivity contribution in [2.24, 2.45) is 0 Å². The summed E-state index contributed by atoms with van der Waals surface area (Å²) in [5.41, 5.74) is 1.25. The number of anilines is 1. The molecule has 0 spiro atoms. The van der Waals surface area contributed by atoms with E-state index >= 15 is 0 Å². The number of nitrogens with one attached hydrogen (secondary N) is 1. The van der Waals surface area contributed by atoms with Crippen LogP contribution in [0.1, 0.15) is 26.5 Å². The highest BCUT2D eigenvalue weighted by molar-refractivity contribution is 6.30. The Morgan fingerprint density at radius 2 is 1.71 bits per heavy atom. The molecule has 0 aliphatic carbocycles. The van der Waals surface area contributed by atoms with Crippen LogP contribution in [-0.4, -0.2) is 28.8 Å². The number of nitrogens with zero attached hydrogens (tertiary/aromatic N) is 2. The van der Waals surface area contributed by atoms with E-state index in [0.29, 0.717) is 27.7 Å². The zero-order valence-electron chi connectivity index (χ0n) is 15.1. The van der Waals surface area contributed by atoms with Crippen LogP contribution in [-0.2, 0) is 4.74 Å². The topological polar surface area (TPSA) is 90.3 Å². The van der Waals surface area contributed by atoms with Crippen LogP contribution in [0.25, 0.3) is 5.69 Å². The number of carbonyl (C=O) groups excluding carboxylic acids is 2. The first-order valence-corrected chi connectivity index (χ1v) is 8.63. The van der Waals surface area contributed by atoms with Gasteiger partial charge in [0.25, 0.3) is 5.91 Å². The van der Waals surface area contributed by atoms with Crippen molar-refractivity contribution in [2.45, 2.75) is 6.92 Å². The number of hydrogen-bond acceptors (Lipinski definition) is 5. The molecule has 142 valence electrons. The molecule has 0 fully saturated rings. The highest BCUT2D eigenvalue weighted by Gasteiger charge is 2.16. The summed E-state index contributed by atoms with van der Waals surface area (Å²) in [5, 5.41) is 7.37. The molecule has 7 nitrogen and oxygen atoms in total. The third kappa shape index (κ3) is 4.10. The predicted molar refractivity (Wildman–Crippen MR) is 105 cm³/mol. The van der Waals surface area contributed by atoms with Gasteiger partial charge in [-0.15, -0.1) is 0 Å². The van der Waals surface area contributed by atoms with Crippen molar-refractivity contribution in [3.8, 4) is 5.69 Å². The van der Waals surface area contributed by atoms with Crippen molar-refractivity contribution in [1.29, 1.82) is 0 Å². The van der Waals surface area contributed by atoms with E-state index in [0.717, 1.165) is 0 Å². The van der Waals surface area contributed by atoms with Gasteiger partial charge in [-0.2, -0.15) is 5.10 Å². The number of aryl methyl sites for hydroxylation is 1. The molecule has 3 aromatic rings. The van der Waals surface area contributed by atoms with Crippen LogP contribution in [0.2, 0.25) is 5.02 Å². The van der Waals surface area contributed by atoms with Crippen LogP contribution in [0.4, 0.5) is 5.69 Å². The first-order valence-electron chi connectivity index (χ1n) is 8.25. The van der Waals surface area contributed by atoms with Gasteiger partial charge in [0.05, 0.1) is 18.4 Å². The summed E-state index contributed by atoms with van der Waals surface area (Å²) in [5.74, 6) is -1.14. The quantitative estimate of drug-likeness (QED) is 0.682. The number of benzene rings is 2. The number of halogens is 1. The average Bonchev–Trinajstić information content (AvgIpc) is 2.69. The summed E-state index contributed by atoms with van der Waals surface area (Å²) in [6.07, 6.45) is 0. The Kier molecular flexibility index (Phi) is 5.56. The van der Waals surface area contributed by atoms with Crippen molar-refractivity contribution in [3.05, 3.63) is 86.8 Å². The van der Waals surface area contributed by atoms with E-state index in [2.05, 4.69) is 15.2 Å². The van der Waals surface area contributed by atoms with Gasteiger partial charge < -0.3 is 10.1 Å². The standard InChI is InChI=1S/C20H16ClN3O4/c1-12-11-17(25)18(23-24(12)16-9-5-14(21)6-10-16)19(26)22-15-7-3-13(4-8-15)20(27)28-2/h3-11H,1-2H3,(H,22,26). The predicted octanol–water partition coefficient (Wildman–Crippen LogP) is 3.23. The Morgan fingerprint density at radius 1 is 1.07 bits per heavy atom. The molecule has 0 bridgehead atoms. The number of methoxy groups -OCH3 is 1. The van der Waals surface area contributed by atoms with Gasteiger partial charge in [0.15, 0.2) is 5.69 Å². The number of carbonyl (C=O) groups is 2. The molecule has 1 heterocycles. The second kappa shape index (κ2) is 8.06. The van der Waals surface area contributed by atoms with E-state index < -0.39 is 17.3 Å². The molecule has 1 aromatic heterocycles. The van der Waals surface area contributed by atoms with E-state index in [9.17, 15) is 14.4 Å². The fraction of sp³-hybridized carbons (Fsp3) is 0.100. The van der Waals surface area contributed by atoms with Gasteiger partial charge in [-0.05, 0) is 55.5 Å². The lowest BCUT2D eigenvalue weighted by molar-refractivity contribution is 0.0600. The minimum absolute atomic E-state index is 0.252. The fourth-order valence-corrected chi connectivity index (χ4v) is 2.67. The Morgan fingerprint density at radius 3 is 2.32 bits per heavy atom. The highest BCUT2D eigenvalue weighted by atomic mass is 35.5. The largest absolute Gasteiger partial charge is 0.465 e. The first kappa shape index (κ1) is 19.3.